The lowest BCUT2D eigenvalue weighted by Gasteiger charge is -2.27. The molecule has 114 valence electrons. The van der Waals surface area contributed by atoms with Gasteiger partial charge < -0.3 is 5.32 Å². The molecule has 1 heterocycles. The van der Waals surface area contributed by atoms with Crippen LogP contribution in [0.4, 0.5) is 5.82 Å². The lowest BCUT2D eigenvalue weighted by atomic mass is 9.82. The summed E-state index contributed by atoms with van der Waals surface area (Å²) in [5, 5.41) is 2.97. The molecule has 1 rings (SSSR count). The van der Waals surface area contributed by atoms with Crippen LogP contribution in [0.2, 0.25) is 0 Å². The van der Waals surface area contributed by atoms with Crippen LogP contribution in [-0.2, 0) is 10.0 Å². The summed E-state index contributed by atoms with van der Waals surface area (Å²) in [7, 11) is -3.54. The third-order valence-electron chi connectivity index (χ3n) is 3.46. The third-order valence-corrected chi connectivity index (χ3v) is 4.92. The fourth-order valence-electron chi connectivity index (χ4n) is 1.53. The molecular weight excluding hydrogens is 274 g/mol. The second kappa shape index (κ2) is 6.54. The fraction of sp³-hybridized carbons (Fsp3) is 0.643. The van der Waals surface area contributed by atoms with E-state index in [0.717, 1.165) is 0 Å². The first-order valence-electron chi connectivity index (χ1n) is 6.87. The highest BCUT2D eigenvalue weighted by Crippen LogP contribution is 2.25. The number of anilines is 1. The topological polar surface area (TPSA) is 71.1 Å². The normalized spacial score (nSPS) is 14.1. The molecule has 5 nitrogen and oxygen atoms in total. The largest absolute Gasteiger partial charge is 0.369 e. The molecule has 20 heavy (non-hydrogen) atoms. The Bertz CT molecular complexity index is 536. The minimum Gasteiger partial charge on any atom is -0.369 e. The van der Waals surface area contributed by atoms with Crippen molar-refractivity contribution in [2.45, 2.75) is 39.5 Å². The monoisotopic (exact) mass is 299 g/mol. The molecule has 0 radical (unpaired) electrons. The van der Waals surface area contributed by atoms with E-state index < -0.39 is 10.0 Å². The standard InChI is InChI=1S/C14H25N3O2S/c1-6-15-13-12(8-7-9-16-13)20(18,19)17-10-11(2)14(3,4)5/h7-9,11,17H,6,10H2,1-5H3,(H,15,16). The van der Waals surface area contributed by atoms with Gasteiger partial charge in [-0.05, 0) is 30.4 Å². The van der Waals surface area contributed by atoms with Gasteiger partial charge in [-0.1, -0.05) is 27.7 Å². The van der Waals surface area contributed by atoms with E-state index in [4.69, 9.17) is 0 Å². The Kier molecular flexibility index (Phi) is 5.53. The molecule has 2 N–H and O–H groups in total. The van der Waals surface area contributed by atoms with Gasteiger partial charge >= 0.3 is 0 Å². The van der Waals surface area contributed by atoms with Crippen LogP contribution in [0.1, 0.15) is 34.6 Å². The highest BCUT2D eigenvalue weighted by molar-refractivity contribution is 7.89. The molecule has 1 unspecified atom stereocenters. The molecule has 0 fully saturated rings. The van der Waals surface area contributed by atoms with E-state index >= 15 is 0 Å². The maximum atomic E-state index is 12.4. The molecule has 1 aromatic heterocycles. The Morgan fingerprint density at radius 2 is 2.00 bits per heavy atom. The highest BCUT2D eigenvalue weighted by atomic mass is 32.2. The third kappa shape index (κ3) is 4.45. The lowest BCUT2D eigenvalue weighted by molar-refractivity contribution is 0.263. The molecule has 0 amide bonds. The van der Waals surface area contributed by atoms with Gasteiger partial charge in [0.05, 0.1) is 0 Å². The minimum absolute atomic E-state index is 0.0575. The van der Waals surface area contributed by atoms with Crippen molar-refractivity contribution in [2.75, 3.05) is 18.4 Å². The maximum absolute atomic E-state index is 12.4. The molecule has 1 aromatic rings. The molecule has 0 saturated carbocycles. The van der Waals surface area contributed by atoms with Gasteiger partial charge in [0.2, 0.25) is 10.0 Å². The van der Waals surface area contributed by atoms with Crippen molar-refractivity contribution in [2.24, 2.45) is 11.3 Å². The second-order valence-electron chi connectivity index (χ2n) is 6.00. The van der Waals surface area contributed by atoms with Crippen molar-refractivity contribution in [3.05, 3.63) is 18.3 Å². The molecule has 0 bridgehead atoms. The van der Waals surface area contributed by atoms with Gasteiger partial charge in [-0.2, -0.15) is 0 Å². The molecule has 0 aliphatic heterocycles. The van der Waals surface area contributed by atoms with Gasteiger partial charge in [-0.3, -0.25) is 0 Å². The summed E-state index contributed by atoms with van der Waals surface area (Å²) in [4.78, 5) is 4.28. The zero-order valence-corrected chi connectivity index (χ0v) is 13.7. The van der Waals surface area contributed by atoms with Crippen LogP contribution < -0.4 is 10.0 Å². The SMILES string of the molecule is CCNc1ncccc1S(=O)(=O)NCC(C)C(C)(C)C. The van der Waals surface area contributed by atoms with Crippen molar-refractivity contribution < 1.29 is 8.42 Å². The number of sulfonamides is 1. The predicted molar refractivity (Wildman–Crippen MR) is 82.2 cm³/mol. The summed E-state index contributed by atoms with van der Waals surface area (Å²) in [5.41, 5.74) is 0.0575. The van der Waals surface area contributed by atoms with Crippen LogP contribution >= 0.6 is 0 Å². The van der Waals surface area contributed by atoms with E-state index in [-0.39, 0.29) is 16.2 Å². The molecule has 0 aromatic carbocycles. The van der Waals surface area contributed by atoms with Gasteiger partial charge in [-0.25, -0.2) is 18.1 Å². The van der Waals surface area contributed by atoms with Gasteiger partial charge in [0, 0.05) is 19.3 Å². The first-order chi connectivity index (χ1) is 9.18. The maximum Gasteiger partial charge on any atom is 0.244 e. The van der Waals surface area contributed by atoms with Gasteiger partial charge in [-0.15, -0.1) is 0 Å². The Morgan fingerprint density at radius 1 is 1.35 bits per heavy atom. The van der Waals surface area contributed by atoms with Gasteiger partial charge in [0.15, 0.2) is 0 Å². The smallest absolute Gasteiger partial charge is 0.244 e. The van der Waals surface area contributed by atoms with E-state index in [9.17, 15) is 8.42 Å². The Hall–Kier alpha value is -1.14. The lowest BCUT2D eigenvalue weighted by Crippen LogP contribution is -2.34. The summed E-state index contributed by atoms with van der Waals surface area (Å²) in [6.07, 6.45) is 1.58. The predicted octanol–water partition coefficient (Wildman–Crippen LogP) is 2.47. The number of nitrogens with one attached hydrogen (secondary N) is 2. The average molecular weight is 299 g/mol. The summed E-state index contributed by atoms with van der Waals surface area (Å²) in [6, 6.07) is 3.19. The summed E-state index contributed by atoms with van der Waals surface area (Å²) in [5.74, 6) is 0.627. The van der Waals surface area contributed by atoms with Crippen LogP contribution in [0.25, 0.3) is 0 Å². The van der Waals surface area contributed by atoms with E-state index in [2.05, 4.69) is 35.8 Å². The van der Waals surface area contributed by atoms with Gasteiger partial charge in [0.1, 0.15) is 10.7 Å². The van der Waals surface area contributed by atoms with Gasteiger partial charge in [0.25, 0.3) is 0 Å². The molecule has 0 aliphatic carbocycles. The van der Waals surface area contributed by atoms with E-state index in [1.54, 1.807) is 18.3 Å². The quantitative estimate of drug-likeness (QED) is 0.846. The average Bonchev–Trinajstić information content (AvgIpc) is 2.36. The molecule has 0 aliphatic rings. The summed E-state index contributed by atoms with van der Waals surface area (Å²) in [6.45, 7) is 11.3. The van der Waals surface area contributed by atoms with Crippen LogP contribution in [-0.4, -0.2) is 26.5 Å². The number of rotatable bonds is 6. The van der Waals surface area contributed by atoms with Crippen molar-refractivity contribution in [3.8, 4) is 0 Å². The van der Waals surface area contributed by atoms with Crippen molar-refractivity contribution in [1.82, 2.24) is 9.71 Å². The van der Waals surface area contributed by atoms with E-state index in [1.165, 1.54) is 0 Å². The number of nitrogens with zero attached hydrogens (tertiary/aromatic N) is 1. The number of hydrogen-bond donors (Lipinski definition) is 2. The van der Waals surface area contributed by atoms with Crippen molar-refractivity contribution in [3.63, 3.8) is 0 Å². The van der Waals surface area contributed by atoms with Crippen LogP contribution in [0.3, 0.4) is 0 Å². The Morgan fingerprint density at radius 3 is 2.55 bits per heavy atom. The number of hydrogen-bond acceptors (Lipinski definition) is 4. The van der Waals surface area contributed by atoms with E-state index in [1.807, 2.05) is 13.8 Å². The minimum atomic E-state index is -3.54. The number of aromatic nitrogens is 1. The summed E-state index contributed by atoms with van der Waals surface area (Å²) >= 11 is 0. The molecule has 6 heteroatoms. The van der Waals surface area contributed by atoms with Crippen LogP contribution in [0, 0.1) is 11.3 Å². The Balaban J connectivity index is 2.90. The second-order valence-corrected chi connectivity index (χ2v) is 7.73. The summed E-state index contributed by atoms with van der Waals surface area (Å²) < 4.78 is 27.4. The first-order valence-corrected chi connectivity index (χ1v) is 8.35. The van der Waals surface area contributed by atoms with Crippen LogP contribution in [0.15, 0.2) is 23.2 Å². The van der Waals surface area contributed by atoms with Crippen molar-refractivity contribution in [1.29, 1.82) is 0 Å². The highest BCUT2D eigenvalue weighted by Gasteiger charge is 2.24. The van der Waals surface area contributed by atoms with Crippen LogP contribution in [0.5, 0.6) is 0 Å². The molecule has 0 saturated heterocycles. The first kappa shape index (κ1) is 16.9. The molecule has 1 atom stereocenters. The molecular formula is C14H25N3O2S. The zero-order chi connectivity index (χ0) is 15.4. The zero-order valence-electron chi connectivity index (χ0n) is 12.9. The van der Waals surface area contributed by atoms with E-state index in [0.29, 0.717) is 18.9 Å². The fourth-order valence-corrected chi connectivity index (χ4v) is 2.79. The van der Waals surface area contributed by atoms with Crippen molar-refractivity contribution >= 4 is 15.8 Å². The number of pyridine rings is 1. The molecule has 0 spiro atoms. The Labute approximate surface area is 122 Å².